The van der Waals surface area contributed by atoms with E-state index in [1.54, 1.807) is 36.5 Å². The van der Waals surface area contributed by atoms with Gasteiger partial charge in [-0.15, -0.1) is 0 Å². The van der Waals surface area contributed by atoms with Gasteiger partial charge in [-0.25, -0.2) is 4.98 Å². The number of aromatic nitrogens is 2. The Morgan fingerprint density at radius 2 is 1.48 bits per heavy atom. The van der Waals surface area contributed by atoms with E-state index in [0.717, 1.165) is 17.1 Å². The van der Waals surface area contributed by atoms with Crippen LogP contribution in [0.25, 0.3) is 0 Å². The normalized spacial score (nSPS) is 10.2. The number of carbonyl (C=O) groups is 1. The van der Waals surface area contributed by atoms with Crippen molar-refractivity contribution in [2.24, 2.45) is 0 Å². The molecule has 3 N–H and O–H groups in total. The molecule has 3 aromatic rings. The first-order valence-electron chi connectivity index (χ1n) is 7.59. The van der Waals surface area contributed by atoms with E-state index in [1.807, 2.05) is 24.3 Å². The van der Waals surface area contributed by atoms with Crippen molar-refractivity contribution in [2.45, 2.75) is 6.92 Å². The van der Waals surface area contributed by atoms with Crippen LogP contribution in [-0.4, -0.2) is 15.9 Å². The fourth-order valence-corrected chi connectivity index (χ4v) is 2.26. The Bertz CT molecular complexity index is 865. The number of nitrogens with zero attached hydrogens (tertiary/aromatic N) is 2. The van der Waals surface area contributed by atoms with E-state index in [1.165, 1.54) is 6.92 Å². The van der Waals surface area contributed by atoms with Gasteiger partial charge in [-0.05, 0) is 54.6 Å². The van der Waals surface area contributed by atoms with E-state index in [-0.39, 0.29) is 5.91 Å². The number of halogens is 1. The lowest BCUT2D eigenvalue weighted by molar-refractivity contribution is -0.114. The second kappa shape index (κ2) is 7.63. The third-order valence-corrected chi connectivity index (χ3v) is 3.49. The van der Waals surface area contributed by atoms with Gasteiger partial charge < -0.3 is 16.0 Å². The quantitative estimate of drug-likeness (QED) is 0.626. The van der Waals surface area contributed by atoms with Crippen LogP contribution in [0.1, 0.15) is 6.92 Å². The summed E-state index contributed by atoms with van der Waals surface area (Å²) in [5.41, 5.74) is 2.43. The molecule has 0 aliphatic rings. The average Bonchev–Trinajstić information content (AvgIpc) is 2.59. The van der Waals surface area contributed by atoms with E-state index < -0.39 is 0 Å². The van der Waals surface area contributed by atoms with E-state index in [0.29, 0.717) is 16.8 Å². The molecule has 126 valence electrons. The van der Waals surface area contributed by atoms with Crippen molar-refractivity contribution in [1.29, 1.82) is 0 Å². The van der Waals surface area contributed by atoms with Crippen LogP contribution < -0.4 is 16.0 Å². The number of rotatable bonds is 5. The third-order valence-electron chi connectivity index (χ3n) is 3.23. The van der Waals surface area contributed by atoms with Crippen molar-refractivity contribution >= 4 is 46.3 Å². The molecule has 0 aliphatic heterocycles. The van der Waals surface area contributed by atoms with Crippen LogP contribution in [0.2, 0.25) is 5.02 Å². The molecule has 3 rings (SSSR count). The maximum Gasteiger partial charge on any atom is 0.229 e. The molecule has 6 nitrogen and oxygen atoms in total. The first-order valence-corrected chi connectivity index (χ1v) is 7.96. The van der Waals surface area contributed by atoms with Crippen molar-refractivity contribution in [2.75, 3.05) is 16.0 Å². The number of carbonyl (C=O) groups excluding carboxylic acids is 1. The van der Waals surface area contributed by atoms with Gasteiger partial charge in [-0.2, -0.15) is 4.98 Å². The summed E-state index contributed by atoms with van der Waals surface area (Å²) in [5, 5.41) is 9.71. The van der Waals surface area contributed by atoms with Crippen molar-refractivity contribution in [3.63, 3.8) is 0 Å². The van der Waals surface area contributed by atoms with Crippen molar-refractivity contribution in [3.8, 4) is 0 Å². The highest BCUT2D eigenvalue weighted by atomic mass is 35.5. The molecule has 25 heavy (non-hydrogen) atoms. The van der Waals surface area contributed by atoms with Gasteiger partial charge in [0.1, 0.15) is 5.82 Å². The molecule has 0 saturated carbocycles. The van der Waals surface area contributed by atoms with E-state index in [9.17, 15) is 4.79 Å². The van der Waals surface area contributed by atoms with E-state index in [2.05, 4.69) is 25.9 Å². The number of nitrogens with one attached hydrogen (secondary N) is 3. The summed E-state index contributed by atoms with van der Waals surface area (Å²) in [6.45, 7) is 1.47. The molecule has 1 heterocycles. The minimum absolute atomic E-state index is 0.106. The highest BCUT2D eigenvalue weighted by Crippen LogP contribution is 2.20. The maximum atomic E-state index is 11.0. The van der Waals surface area contributed by atoms with Gasteiger partial charge in [0, 0.05) is 35.2 Å². The lowest BCUT2D eigenvalue weighted by Gasteiger charge is -2.09. The van der Waals surface area contributed by atoms with Crippen LogP contribution in [-0.2, 0) is 4.79 Å². The summed E-state index contributed by atoms with van der Waals surface area (Å²) in [5.74, 6) is 1.02. The van der Waals surface area contributed by atoms with Gasteiger partial charge in [0.15, 0.2) is 0 Å². The maximum absolute atomic E-state index is 11.0. The molecule has 7 heteroatoms. The SMILES string of the molecule is CC(=O)Nc1ccc(Nc2nccc(Nc3ccc(Cl)cc3)n2)cc1. The lowest BCUT2D eigenvalue weighted by atomic mass is 10.3. The van der Waals surface area contributed by atoms with Crippen molar-refractivity contribution in [3.05, 3.63) is 65.8 Å². The highest BCUT2D eigenvalue weighted by Gasteiger charge is 2.02. The molecule has 0 spiro atoms. The largest absolute Gasteiger partial charge is 0.340 e. The van der Waals surface area contributed by atoms with Crippen molar-refractivity contribution in [1.82, 2.24) is 9.97 Å². The van der Waals surface area contributed by atoms with Crippen LogP contribution in [0, 0.1) is 0 Å². The van der Waals surface area contributed by atoms with Crippen molar-refractivity contribution < 1.29 is 4.79 Å². The molecule has 0 aliphatic carbocycles. The zero-order valence-electron chi connectivity index (χ0n) is 13.5. The molecule has 0 saturated heterocycles. The predicted octanol–water partition coefficient (Wildman–Crippen LogP) is 4.58. The Labute approximate surface area is 150 Å². The van der Waals surface area contributed by atoms with Crippen LogP contribution in [0.3, 0.4) is 0 Å². The number of anilines is 5. The van der Waals surface area contributed by atoms with E-state index >= 15 is 0 Å². The van der Waals surface area contributed by atoms with Gasteiger partial charge in [-0.3, -0.25) is 4.79 Å². The average molecular weight is 354 g/mol. The fraction of sp³-hybridized carbons (Fsp3) is 0.0556. The standard InChI is InChI=1S/C18H16ClN5O/c1-12(25)21-14-6-8-16(9-7-14)23-18-20-11-10-17(24-18)22-15-4-2-13(19)3-5-15/h2-11H,1H3,(H,21,25)(H2,20,22,23,24). The molecule has 0 unspecified atom stereocenters. The fourth-order valence-electron chi connectivity index (χ4n) is 2.14. The molecular weight excluding hydrogens is 338 g/mol. The Kier molecular flexibility index (Phi) is 5.11. The number of hydrogen-bond donors (Lipinski definition) is 3. The molecule has 1 aromatic heterocycles. The minimum Gasteiger partial charge on any atom is -0.340 e. The van der Waals surface area contributed by atoms with Crippen LogP contribution >= 0.6 is 11.6 Å². The summed E-state index contributed by atoms with van der Waals surface area (Å²) in [4.78, 5) is 19.7. The Hall–Kier alpha value is -3.12. The summed E-state index contributed by atoms with van der Waals surface area (Å²) < 4.78 is 0. The predicted molar refractivity (Wildman–Crippen MR) is 101 cm³/mol. The molecule has 0 radical (unpaired) electrons. The Balaban J connectivity index is 1.68. The van der Waals surface area contributed by atoms with Crippen LogP contribution in [0.5, 0.6) is 0 Å². The van der Waals surface area contributed by atoms with E-state index in [4.69, 9.17) is 11.6 Å². The molecule has 1 amide bonds. The topological polar surface area (TPSA) is 78.9 Å². The van der Waals surface area contributed by atoms with Gasteiger partial charge >= 0.3 is 0 Å². The summed E-state index contributed by atoms with van der Waals surface area (Å²) in [7, 11) is 0. The zero-order valence-corrected chi connectivity index (χ0v) is 14.2. The Morgan fingerprint density at radius 3 is 2.16 bits per heavy atom. The minimum atomic E-state index is -0.106. The third kappa shape index (κ3) is 4.92. The first kappa shape index (κ1) is 16.7. The summed E-state index contributed by atoms with van der Waals surface area (Å²) in [6, 6.07) is 16.4. The smallest absolute Gasteiger partial charge is 0.229 e. The van der Waals surface area contributed by atoms with Crippen LogP contribution in [0.15, 0.2) is 60.8 Å². The Morgan fingerprint density at radius 1 is 0.880 bits per heavy atom. The zero-order chi connectivity index (χ0) is 17.6. The number of amides is 1. The number of hydrogen-bond acceptors (Lipinski definition) is 5. The molecular formula is C18H16ClN5O. The second-order valence-electron chi connectivity index (χ2n) is 5.28. The molecule has 0 bridgehead atoms. The molecule has 2 aromatic carbocycles. The van der Waals surface area contributed by atoms with Gasteiger partial charge in [0.2, 0.25) is 11.9 Å². The lowest BCUT2D eigenvalue weighted by Crippen LogP contribution is -2.05. The van der Waals surface area contributed by atoms with Gasteiger partial charge in [-0.1, -0.05) is 11.6 Å². The van der Waals surface area contributed by atoms with Gasteiger partial charge in [0.25, 0.3) is 0 Å². The van der Waals surface area contributed by atoms with Gasteiger partial charge in [0.05, 0.1) is 0 Å². The molecule has 0 atom stereocenters. The number of benzene rings is 2. The summed E-state index contributed by atoms with van der Waals surface area (Å²) in [6.07, 6.45) is 1.67. The highest BCUT2D eigenvalue weighted by molar-refractivity contribution is 6.30. The summed E-state index contributed by atoms with van der Waals surface area (Å²) >= 11 is 5.88. The second-order valence-corrected chi connectivity index (χ2v) is 5.72. The first-order chi connectivity index (χ1) is 12.1. The van der Waals surface area contributed by atoms with Crippen LogP contribution in [0.4, 0.5) is 28.8 Å². The monoisotopic (exact) mass is 353 g/mol. The molecule has 0 fully saturated rings.